The van der Waals surface area contributed by atoms with Gasteiger partial charge in [-0.15, -0.1) is 0 Å². The quantitative estimate of drug-likeness (QED) is 0.322. The molecule has 2 heterocycles. The number of methoxy groups -OCH3 is 2. The summed E-state index contributed by atoms with van der Waals surface area (Å²) >= 11 is 6.23. The minimum atomic E-state index is -1.03. The van der Waals surface area contributed by atoms with Gasteiger partial charge in [0.05, 0.1) is 20.1 Å². The van der Waals surface area contributed by atoms with Gasteiger partial charge in [0.2, 0.25) is 0 Å². The Kier molecular flexibility index (Phi) is 2.67. The van der Waals surface area contributed by atoms with E-state index >= 15 is 0 Å². The first kappa shape index (κ1) is 11.4. The number of hydrogen-bond donors (Lipinski definition) is 1. The van der Waals surface area contributed by atoms with E-state index in [0.29, 0.717) is 0 Å². The first-order chi connectivity index (χ1) is 7.53. The van der Waals surface area contributed by atoms with Crippen LogP contribution < -0.4 is 5.32 Å². The highest BCUT2D eigenvalue weighted by Gasteiger charge is 2.60. The number of hydrogen-bond acceptors (Lipinski definition) is 5. The lowest BCUT2D eigenvalue weighted by Crippen LogP contribution is -2.42. The number of rotatable bonds is 2. The number of halogens is 1. The largest absolute Gasteiger partial charge is 0.469 e. The summed E-state index contributed by atoms with van der Waals surface area (Å²) in [5.41, 5.74) is 0. The maximum absolute atomic E-state index is 11.7. The number of nitrogens with one attached hydrogen (secondary N) is 1. The van der Waals surface area contributed by atoms with Gasteiger partial charge in [0, 0.05) is 6.04 Å². The molecular weight excluding hydrogens is 234 g/mol. The molecule has 0 aliphatic carbocycles. The molecule has 0 aromatic heterocycles. The van der Waals surface area contributed by atoms with Crippen LogP contribution in [0.4, 0.5) is 0 Å². The number of esters is 2. The van der Waals surface area contributed by atoms with E-state index in [2.05, 4.69) is 14.8 Å². The number of carbonyl (C=O) groups excluding carboxylic acids is 2. The van der Waals surface area contributed by atoms with Crippen molar-refractivity contribution in [3.63, 3.8) is 0 Å². The zero-order chi connectivity index (χ0) is 11.9. The van der Waals surface area contributed by atoms with Crippen molar-refractivity contribution in [2.75, 3.05) is 14.2 Å². The summed E-state index contributed by atoms with van der Waals surface area (Å²) in [5.74, 6) is -2.34. The number of ether oxygens (including phenoxy) is 2. The smallest absolute Gasteiger partial charge is 0.313 e. The SMILES string of the molecule is COC(=O)C1C2C=CC(Cl)(N2)C1C(=O)OC. The first-order valence-corrected chi connectivity index (χ1v) is 5.23. The zero-order valence-electron chi connectivity index (χ0n) is 8.90. The Hall–Kier alpha value is -1.07. The van der Waals surface area contributed by atoms with E-state index in [1.54, 1.807) is 12.2 Å². The highest BCUT2D eigenvalue weighted by atomic mass is 35.5. The van der Waals surface area contributed by atoms with Crippen LogP contribution in [0.1, 0.15) is 0 Å². The van der Waals surface area contributed by atoms with Gasteiger partial charge in [0.15, 0.2) is 0 Å². The predicted octanol–water partition coefficient (Wildman–Crippen LogP) is 0.0415. The zero-order valence-corrected chi connectivity index (χ0v) is 9.65. The summed E-state index contributed by atoms with van der Waals surface area (Å²) in [5, 5.41) is 2.99. The molecule has 0 saturated carbocycles. The van der Waals surface area contributed by atoms with Gasteiger partial charge in [0.25, 0.3) is 0 Å². The molecule has 88 valence electrons. The lowest BCUT2D eigenvalue weighted by molar-refractivity contribution is -0.156. The molecule has 16 heavy (non-hydrogen) atoms. The van der Waals surface area contributed by atoms with Crippen LogP contribution >= 0.6 is 11.6 Å². The molecule has 2 aliphatic heterocycles. The van der Waals surface area contributed by atoms with E-state index in [4.69, 9.17) is 11.6 Å². The summed E-state index contributed by atoms with van der Waals surface area (Å²) in [7, 11) is 2.56. The summed E-state index contributed by atoms with van der Waals surface area (Å²) in [6.07, 6.45) is 3.45. The van der Waals surface area contributed by atoms with Gasteiger partial charge in [0.1, 0.15) is 10.9 Å². The Morgan fingerprint density at radius 3 is 2.50 bits per heavy atom. The van der Waals surface area contributed by atoms with Crippen LogP contribution in [0.3, 0.4) is 0 Å². The Bertz CT molecular complexity index is 370. The number of carbonyl (C=O) groups is 2. The average molecular weight is 246 g/mol. The van der Waals surface area contributed by atoms with Crippen LogP contribution in [0.5, 0.6) is 0 Å². The molecule has 0 spiro atoms. The van der Waals surface area contributed by atoms with E-state index < -0.39 is 28.8 Å². The monoisotopic (exact) mass is 245 g/mol. The standard InChI is InChI=1S/C10H12ClNO4/c1-15-8(13)6-5-3-4-10(11,12-5)7(6)9(14)16-2/h3-7,12H,1-2H3. The molecule has 0 radical (unpaired) electrons. The van der Waals surface area contributed by atoms with Crippen molar-refractivity contribution in [2.24, 2.45) is 11.8 Å². The molecule has 2 bridgehead atoms. The third-order valence-electron chi connectivity index (χ3n) is 3.06. The van der Waals surface area contributed by atoms with E-state index in [1.165, 1.54) is 14.2 Å². The molecule has 1 saturated heterocycles. The topological polar surface area (TPSA) is 64.6 Å². The van der Waals surface area contributed by atoms with Crippen LogP contribution in [-0.2, 0) is 19.1 Å². The molecule has 1 fully saturated rings. The van der Waals surface area contributed by atoms with Crippen LogP contribution in [-0.4, -0.2) is 37.2 Å². The molecule has 4 unspecified atom stereocenters. The van der Waals surface area contributed by atoms with Crippen molar-refractivity contribution in [2.45, 2.75) is 11.0 Å². The highest BCUT2D eigenvalue weighted by Crippen LogP contribution is 2.45. The molecule has 6 heteroatoms. The minimum absolute atomic E-state index is 0.269. The van der Waals surface area contributed by atoms with Gasteiger partial charge in [-0.05, 0) is 0 Å². The summed E-state index contributed by atoms with van der Waals surface area (Å²) < 4.78 is 9.35. The second-order valence-corrected chi connectivity index (χ2v) is 4.47. The molecular formula is C10H12ClNO4. The summed E-state index contributed by atoms with van der Waals surface area (Å²) in [6.45, 7) is 0. The van der Waals surface area contributed by atoms with Crippen LogP contribution in [0.2, 0.25) is 0 Å². The van der Waals surface area contributed by atoms with Crippen molar-refractivity contribution >= 4 is 23.5 Å². The third-order valence-corrected chi connectivity index (χ3v) is 3.53. The third kappa shape index (κ3) is 1.43. The van der Waals surface area contributed by atoms with Crippen LogP contribution in [0.25, 0.3) is 0 Å². The van der Waals surface area contributed by atoms with Crippen LogP contribution in [0, 0.1) is 11.8 Å². The van der Waals surface area contributed by atoms with E-state index in [-0.39, 0.29) is 6.04 Å². The van der Waals surface area contributed by atoms with Crippen molar-refractivity contribution in [3.05, 3.63) is 12.2 Å². The molecule has 2 aliphatic rings. The highest BCUT2D eigenvalue weighted by molar-refractivity contribution is 6.27. The van der Waals surface area contributed by atoms with E-state index in [0.717, 1.165) is 0 Å². The fourth-order valence-electron chi connectivity index (χ4n) is 2.33. The second-order valence-electron chi connectivity index (χ2n) is 3.85. The lowest BCUT2D eigenvalue weighted by atomic mass is 9.82. The molecule has 2 rings (SSSR count). The van der Waals surface area contributed by atoms with Gasteiger partial charge < -0.3 is 9.47 Å². The number of fused-ring (bicyclic) bond motifs is 2. The molecule has 0 amide bonds. The fraction of sp³-hybridized carbons (Fsp3) is 0.600. The van der Waals surface area contributed by atoms with Gasteiger partial charge in [-0.25, -0.2) is 0 Å². The Balaban J connectivity index is 2.34. The van der Waals surface area contributed by atoms with Gasteiger partial charge in [-0.1, -0.05) is 23.8 Å². The minimum Gasteiger partial charge on any atom is -0.469 e. The van der Waals surface area contributed by atoms with Crippen molar-refractivity contribution in [1.82, 2.24) is 5.32 Å². The van der Waals surface area contributed by atoms with E-state index in [9.17, 15) is 9.59 Å². The van der Waals surface area contributed by atoms with Crippen molar-refractivity contribution in [1.29, 1.82) is 0 Å². The second kappa shape index (κ2) is 3.75. The van der Waals surface area contributed by atoms with Crippen molar-refractivity contribution < 1.29 is 19.1 Å². The maximum Gasteiger partial charge on any atom is 0.313 e. The lowest BCUT2D eigenvalue weighted by Gasteiger charge is -2.26. The summed E-state index contributed by atoms with van der Waals surface area (Å²) in [4.78, 5) is 22.2. The van der Waals surface area contributed by atoms with Gasteiger partial charge >= 0.3 is 11.9 Å². The Labute approximate surface area is 97.7 Å². The normalized spacial score (nSPS) is 39.8. The number of alkyl halides is 1. The van der Waals surface area contributed by atoms with Gasteiger partial charge in [-0.2, -0.15) is 0 Å². The maximum atomic E-state index is 11.7. The fourth-order valence-corrected chi connectivity index (χ4v) is 2.75. The first-order valence-electron chi connectivity index (χ1n) is 4.85. The average Bonchev–Trinajstić information content (AvgIpc) is 2.79. The van der Waals surface area contributed by atoms with Crippen LogP contribution in [0.15, 0.2) is 12.2 Å². The molecule has 4 atom stereocenters. The molecule has 5 nitrogen and oxygen atoms in total. The summed E-state index contributed by atoms with van der Waals surface area (Å²) in [6, 6.07) is -0.269. The van der Waals surface area contributed by atoms with Gasteiger partial charge in [-0.3, -0.25) is 14.9 Å². The van der Waals surface area contributed by atoms with E-state index in [1.807, 2.05) is 0 Å². The Morgan fingerprint density at radius 1 is 1.31 bits per heavy atom. The molecule has 0 aromatic rings. The Morgan fingerprint density at radius 2 is 1.94 bits per heavy atom. The predicted molar refractivity (Wildman–Crippen MR) is 55.7 cm³/mol. The molecule has 1 N–H and O–H groups in total. The van der Waals surface area contributed by atoms with Crippen molar-refractivity contribution in [3.8, 4) is 0 Å². The molecule has 0 aromatic carbocycles.